The Morgan fingerprint density at radius 3 is 1.83 bits per heavy atom. The zero-order valence-electron chi connectivity index (χ0n) is 16.2. The maximum atomic E-state index is 12.5. The fourth-order valence-electron chi connectivity index (χ4n) is 3.10. The largest absolute Gasteiger partial charge is 0.371 e. The summed E-state index contributed by atoms with van der Waals surface area (Å²) in [5, 5.41) is 4.21. The quantitative estimate of drug-likeness (QED) is 0.573. The number of hydrogen-bond donors (Lipinski definition) is 1. The van der Waals surface area contributed by atoms with Crippen molar-refractivity contribution in [1.82, 2.24) is 5.32 Å². The van der Waals surface area contributed by atoms with E-state index in [1.54, 1.807) is 6.07 Å². The summed E-state index contributed by atoms with van der Waals surface area (Å²) in [6.45, 7) is 4.59. The molecule has 30 heavy (non-hydrogen) atoms. The predicted molar refractivity (Wildman–Crippen MR) is 124 cm³/mol. The molecule has 0 atom stereocenters. The summed E-state index contributed by atoms with van der Waals surface area (Å²) >= 11 is 11.3. The van der Waals surface area contributed by atoms with Crippen LogP contribution >= 0.6 is 23.2 Å². The Bertz CT molecular complexity index is 800. The van der Waals surface area contributed by atoms with Gasteiger partial charge in [0.2, 0.25) is 0 Å². The Hall–Kier alpha value is -1.95. The molecule has 0 aliphatic carbocycles. The summed E-state index contributed by atoms with van der Waals surface area (Å²) in [7, 11) is 0. The van der Waals surface area contributed by atoms with Crippen molar-refractivity contribution < 1.29 is 14.0 Å². The minimum absolute atomic E-state index is 0. The van der Waals surface area contributed by atoms with Crippen molar-refractivity contribution in [2.45, 2.75) is 33.1 Å². The van der Waals surface area contributed by atoms with Gasteiger partial charge in [0.15, 0.2) is 12.6 Å². The van der Waals surface area contributed by atoms with Gasteiger partial charge in [-0.1, -0.05) is 30.6 Å². The average molecular weight is 455 g/mol. The van der Waals surface area contributed by atoms with Gasteiger partial charge in [0.05, 0.1) is 5.56 Å². The van der Waals surface area contributed by atoms with Gasteiger partial charge in [0.25, 0.3) is 0 Å². The van der Waals surface area contributed by atoms with Crippen molar-refractivity contribution in [2.24, 2.45) is 0 Å². The minimum atomic E-state index is -0.542. The first-order chi connectivity index (χ1) is 14.0. The molecule has 2 heterocycles. The number of hydrogen-bond acceptors (Lipinski definition) is 4. The van der Waals surface area contributed by atoms with Crippen molar-refractivity contribution in [3.8, 4) is 0 Å². The normalized spacial score (nSPS) is 14.6. The summed E-state index contributed by atoms with van der Waals surface area (Å²) in [5.41, 5.74) is 1.70. The minimum Gasteiger partial charge on any atom is -0.371 e. The highest BCUT2D eigenvalue weighted by atomic mass is 35.5. The van der Waals surface area contributed by atoms with Crippen molar-refractivity contribution in [3.05, 3.63) is 63.4 Å². The number of nitrogens with one attached hydrogen (secondary N) is 1. The summed E-state index contributed by atoms with van der Waals surface area (Å²) in [5.74, 6) is -0.542. The summed E-state index contributed by atoms with van der Waals surface area (Å²) in [4.78, 5) is 23.2. The van der Waals surface area contributed by atoms with Crippen LogP contribution in [0.25, 0.3) is 0 Å². The topological polar surface area (TPSA) is 49.4 Å². The predicted octanol–water partition coefficient (Wildman–Crippen LogP) is 6.05. The van der Waals surface area contributed by atoms with Crippen molar-refractivity contribution >= 4 is 41.5 Å². The Balaban J connectivity index is 0.000000246. The molecule has 1 N–H and O–H groups in total. The van der Waals surface area contributed by atoms with Gasteiger partial charge in [-0.3, -0.25) is 9.59 Å². The van der Waals surface area contributed by atoms with E-state index in [4.69, 9.17) is 23.2 Å². The van der Waals surface area contributed by atoms with E-state index in [0.29, 0.717) is 21.9 Å². The first-order valence-electron chi connectivity index (χ1n) is 9.65. The lowest BCUT2D eigenvalue weighted by Gasteiger charge is -2.19. The first kappa shape index (κ1) is 26.1. The van der Waals surface area contributed by atoms with Crippen molar-refractivity contribution in [2.75, 3.05) is 31.1 Å². The van der Waals surface area contributed by atoms with Gasteiger partial charge in [-0.25, -0.2) is 4.39 Å². The van der Waals surface area contributed by atoms with Gasteiger partial charge in [-0.2, -0.15) is 0 Å². The van der Waals surface area contributed by atoms with E-state index >= 15 is 0 Å². The molecule has 2 aliphatic rings. The molecule has 0 saturated carbocycles. The van der Waals surface area contributed by atoms with Crippen LogP contribution in [0.5, 0.6) is 0 Å². The summed E-state index contributed by atoms with van der Waals surface area (Å²) in [6, 6.07) is 9.32. The maximum absolute atomic E-state index is 12.5. The molecule has 2 aromatic rings. The van der Waals surface area contributed by atoms with Crippen molar-refractivity contribution in [3.63, 3.8) is 0 Å². The number of halogens is 3. The van der Waals surface area contributed by atoms with Crippen LogP contribution in [-0.4, -0.2) is 38.8 Å². The maximum Gasteiger partial charge on any atom is 0.153 e. The van der Waals surface area contributed by atoms with Crippen molar-refractivity contribution in [1.29, 1.82) is 0 Å². The molecule has 0 unspecified atom stereocenters. The van der Waals surface area contributed by atoms with Crippen LogP contribution in [0.3, 0.4) is 0 Å². The highest BCUT2D eigenvalue weighted by Gasteiger charge is 2.15. The van der Waals surface area contributed by atoms with Gasteiger partial charge < -0.3 is 10.2 Å². The second kappa shape index (κ2) is 14.1. The molecule has 0 aromatic heterocycles. The van der Waals surface area contributed by atoms with E-state index in [2.05, 4.69) is 10.2 Å². The lowest BCUT2D eigenvalue weighted by Crippen LogP contribution is -2.19. The van der Waals surface area contributed by atoms with Crippen LogP contribution in [-0.2, 0) is 0 Å². The molecule has 2 saturated heterocycles. The molecular weight excluding hydrogens is 426 g/mol. The average Bonchev–Trinajstić information content (AvgIpc) is 3.47. The zero-order chi connectivity index (χ0) is 21.1. The number of rotatable bonds is 3. The molecule has 4 rings (SSSR count). The van der Waals surface area contributed by atoms with Gasteiger partial charge in [0.1, 0.15) is 5.82 Å². The lowest BCUT2D eigenvalue weighted by molar-refractivity contribution is 0.111. The fraction of sp³-hybridized carbons (Fsp3) is 0.391. The molecule has 0 spiro atoms. The number of carbonyl (C=O) groups excluding carboxylic acids is 2. The van der Waals surface area contributed by atoms with Crippen LogP contribution in [0, 0.1) is 5.82 Å². The highest BCUT2D eigenvalue weighted by molar-refractivity contribution is 6.31. The van der Waals surface area contributed by atoms with Gasteiger partial charge in [0, 0.05) is 34.4 Å². The van der Waals surface area contributed by atoms with Gasteiger partial charge in [-0.05, 0) is 75.2 Å². The summed E-state index contributed by atoms with van der Waals surface area (Å²) in [6.07, 6.45) is 6.50. The number of nitrogens with zero attached hydrogens (tertiary/aromatic N) is 1. The van der Waals surface area contributed by atoms with E-state index in [1.807, 2.05) is 12.1 Å². The number of carbonyl (C=O) groups is 2. The first-order valence-corrected chi connectivity index (χ1v) is 10.4. The second-order valence-electron chi connectivity index (χ2n) is 6.76. The van der Waals surface area contributed by atoms with Crippen LogP contribution in [0.15, 0.2) is 36.4 Å². The molecule has 2 aromatic carbocycles. The lowest BCUT2D eigenvalue weighted by atomic mass is 10.2. The number of aldehydes is 2. The molecule has 0 radical (unpaired) electrons. The highest BCUT2D eigenvalue weighted by Crippen LogP contribution is 2.26. The van der Waals surface area contributed by atoms with Crippen LogP contribution in [0.1, 0.15) is 53.8 Å². The van der Waals surface area contributed by atoms with E-state index < -0.39 is 5.82 Å². The number of benzene rings is 2. The third-order valence-electron chi connectivity index (χ3n) is 4.61. The Morgan fingerprint density at radius 1 is 0.833 bits per heavy atom. The molecule has 2 aliphatic heterocycles. The molecule has 2 fully saturated rings. The number of anilines is 1. The molecule has 0 amide bonds. The smallest absolute Gasteiger partial charge is 0.153 e. The standard InChI is InChI=1S/C11H12ClNO.C7H4ClFO.C4H9N.CH4/c12-10-3-4-11(9(7-10)8-14)13-5-1-2-6-13;8-6-1-2-7(9)5(3-6)4-10;1-2-4-5-3-1;/h3-4,7-8H,1-2,5-6H2;1-4H;5H,1-4H2;1H4. The summed E-state index contributed by atoms with van der Waals surface area (Å²) < 4.78 is 12.5. The van der Waals surface area contributed by atoms with E-state index in [1.165, 1.54) is 50.9 Å². The van der Waals surface area contributed by atoms with E-state index in [0.717, 1.165) is 31.1 Å². The third-order valence-corrected chi connectivity index (χ3v) is 5.08. The Morgan fingerprint density at radius 2 is 1.37 bits per heavy atom. The van der Waals surface area contributed by atoms with E-state index in [9.17, 15) is 14.0 Å². The second-order valence-corrected chi connectivity index (χ2v) is 7.63. The molecule has 0 bridgehead atoms. The Kier molecular flexibility index (Phi) is 12.3. The SMILES string of the molecule is C.C1CCNC1.O=Cc1cc(Cl)ccc1F.O=Cc1cc(Cl)ccc1N1CCCC1. The monoisotopic (exact) mass is 454 g/mol. The van der Waals surface area contributed by atoms with Gasteiger partial charge in [-0.15, -0.1) is 0 Å². The molecule has 4 nitrogen and oxygen atoms in total. The third kappa shape index (κ3) is 8.42. The van der Waals surface area contributed by atoms with E-state index in [-0.39, 0.29) is 13.0 Å². The van der Waals surface area contributed by atoms with Crippen LogP contribution < -0.4 is 10.2 Å². The molecular formula is C23H29Cl2FN2O2. The molecule has 164 valence electrons. The van der Waals surface area contributed by atoms with Crippen LogP contribution in [0.2, 0.25) is 10.0 Å². The zero-order valence-corrected chi connectivity index (χ0v) is 17.7. The fourth-order valence-corrected chi connectivity index (χ4v) is 3.46. The van der Waals surface area contributed by atoms with Gasteiger partial charge >= 0.3 is 0 Å². The van der Waals surface area contributed by atoms with Crippen LogP contribution in [0.4, 0.5) is 10.1 Å². The Labute approximate surface area is 188 Å². The molecule has 7 heteroatoms.